The number of hydrogen-bond acceptors (Lipinski definition) is 3. The van der Waals surface area contributed by atoms with Crippen LogP contribution in [0.5, 0.6) is 0 Å². The third-order valence-corrected chi connectivity index (χ3v) is 5.33. The number of nitrogens with zero attached hydrogens (tertiary/aromatic N) is 1. The number of nitrogens with one attached hydrogen (secondary N) is 1. The molecule has 2 atom stereocenters. The minimum atomic E-state index is 0.143. The van der Waals surface area contributed by atoms with Crippen LogP contribution in [0.25, 0.3) is 0 Å². The number of carbonyl (C=O) groups is 1. The summed E-state index contributed by atoms with van der Waals surface area (Å²) >= 11 is 0. The number of aryl methyl sites for hydroxylation is 1. The van der Waals surface area contributed by atoms with Gasteiger partial charge in [-0.25, -0.2) is 0 Å². The Morgan fingerprint density at radius 2 is 2.10 bits per heavy atom. The third-order valence-electron chi connectivity index (χ3n) is 5.33. The van der Waals surface area contributed by atoms with E-state index in [4.69, 9.17) is 5.73 Å². The Kier molecular flexibility index (Phi) is 4.24. The van der Waals surface area contributed by atoms with E-state index in [2.05, 4.69) is 10.3 Å². The van der Waals surface area contributed by atoms with Crippen LogP contribution in [0.3, 0.4) is 0 Å². The highest BCUT2D eigenvalue weighted by Gasteiger charge is 2.40. The fourth-order valence-electron chi connectivity index (χ4n) is 4.02. The zero-order valence-electron chi connectivity index (χ0n) is 12.7. The number of hydrogen-bond donors (Lipinski definition) is 2. The summed E-state index contributed by atoms with van der Waals surface area (Å²) in [6.07, 6.45) is 7.38. The molecule has 1 aromatic rings. The maximum Gasteiger partial charge on any atom is 0.223 e. The Morgan fingerprint density at radius 1 is 1.38 bits per heavy atom. The molecule has 2 aliphatic carbocycles. The summed E-state index contributed by atoms with van der Waals surface area (Å²) in [4.78, 5) is 16.8. The van der Waals surface area contributed by atoms with Crippen molar-refractivity contribution in [3.8, 4) is 0 Å². The van der Waals surface area contributed by atoms with Crippen molar-refractivity contribution >= 4 is 5.91 Å². The highest BCUT2D eigenvalue weighted by atomic mass is 16.1. The number of rotatable bonds is 3. The fraction of sp³-hybridized carbons (Fsp3) is 0.647. The number of aromatic nitrogens is 1. The lowest BCUT2D eigenvalue weighted by Gasteiger charge is -2.43. The van der Waals surface area contributed by atoms with Gasteiger partial charge in [-0.1, -0.05) is 12.5 Å². The number of pyridine rings is 1. The lowest BCUT2D eigenvalue weighted by Crippen LogP contribution is -2.49. The second-order valence-corrected chi connectivity index (χ2v) is 6.68. The van der Waals surface area contributed by atoms with Crippen molar-refractivity contribution in [1.82, 2.24) is 10.3 Å². The van der Waals surface area contributed by atoms with E-state index >= 15 is 0 Å². The second kappa shape index (κ2) is 6.14. The van der Waals surface area contributed by atoms with Gasteiger partial charge in [0.2, 0.25) is 5.91 Å². The van der Waals surface area contributed by atoms with Crippen LogP contribution < -0.4 is 11.1 Å². The summed E-state index contributed by atoms with van der Waals surface area (Å²) in [5, 5.41) is 3.07. The van der Waals surface area contributed by atoms with Crippen LogP contribution >= 0.6 is 0 Å². The molecule has 4 heteroatoms. The second-order valence-electron chi connectivity index (χ2n) is 6.68. The number of amides is 1. The minimum absolute atomic E-state index is 0.143. The van der Waals surface area contributed by atoms with Gasteiger partial charge in [0.15, 0.2) is 0 Å². The lowest BCUT2D eigenvalue weighted by molar-refractivity contribution is -0.128. The van der Waals surface area contributed by atoms with Gasteiger partial charge in [-0.3, -0.25) is 9.78 Å². The van der Waals surface area contributed by atoms with Crippen LogP contribution in [-0.4, -0.2) is 16.9 Å². The predicted octanol–water partition coefficient (Wildman–Crippen LogP) is 2.16. The van der Waals surface area contributed by atoms with Gasteiger partial charge in [-0.05, 0) is 56.1 Å². The Hall–Kier alpha value is -1.42. The molecule has 2 fully saturated rings. The molecule has 1 heterocycles. The van der Waals surface area contributed by atoms with E-state index in [1.807, 2.05) is 19.1 Å². The maximum absolute atomic E-state index is 12.4. The van der Waals surface area contributed by atoms with Gasteiger partial charge in [0.1, 0.15) is 0 Å². The van der Waals surface area contributed by atoms with E-state index < -0.39 is 0 Å². The first kappa shape index (κ1) is 14.5. The highest BCUT2D eigenvalue weighted by molar-refractivity contribution is 5.78. The van der Waals surface area contributed by atoms with Gasteiger partial charge < -0.3 is 11.1 Å². The molecule has 4 nitrogen and oxygen atoms in total. The van der Waals surface area contributed by atoms with Gasteiger partial charge >= 0.3 is 0 Å². The molecule has 0 spiro atoms. The number of fused-ring (bicyclic) bond motifs is 2. The monoisotopic (exact) mass is 287 g/mol. The van der Waals surface area contributed by atoms with Crippen LogP contribution in [0, 0.1) is 24.7 Å². The van der Waals surface area contributed by atoms with Crippen molar-refractivity contribution in [1.29, 1.82) is 0 Å². The van der Waals surface area contributed by atoms with Crippen LogP contribution in [0.1, 0.15) is 43.4 Å². The smallest absolute Gasteiger partial charge is 0.223 e. The normalized spacial score (nSPS) is 31.7. The number of nitrogens with two attached hydrogens (primary N) is 1. The largest absolute Gasteiger partial charge is 0.350 e. The summed E-state index contributed by atoms with van der Waals surface area (Å²) in [7, 11) is 0. The zero-order valence-corrected chi connectivity index (χ0v) is 12.7. The maximum atomic E-state index is 12.4. The molecule has 2 bridgehead atoms. The average Bonchev–Trinajstić information content (AvgIpc) is 2.46. The summed E-state index contributed by atoms with van der Waals surface area (Å²) in [6.45, 7) is 2.56. The molecule has 0 radical (unpaired) electrons. The van der Waals surface area contributed by atoms with Gasteiger partial charge in [-0.2, -0.15) is 0 Å². The molecule has 114 valence electrons. The van der Waals surface area contributed by atoms with E-state index in [1.165, 1.54) is 19.3 Å². The summed E-state index contributed by atoms with van der Waals surface area (Å²) in [5.74, 6) is 1.42. The first-order chi connectivity index (χ1) is 10.1. The summed E-state index contributed by atoms with van der Waals surface area (Å²) in [5.41, 5.74) is 8.37. The van der Waals surface area contributed by atoms with E-state index in [-0.39, 0.29) is 11.8 Å². The Morgan fingerprint density at radius 3 is 2.76 bits per heavy atom. The fourth-order valence-corrected chi connectivity index (χ4v) is 4.02. The molecule has 1 amide bonds. The third kappa shape index (κ3) is 3.10. The lowest BCUT2D eigenvalue weighted by atomic mass is 9.65. The molecule has 3 N–H and O–H groups in total. The zero-order chi connectivity index (χ0) is 14.8. The summed E-state index contributed by atoms with van der Waals surface area (Å²) in [6, 6.07) is 4.27. The van der Waals surface area contributed by atoms with E-state index in [9.17, 15) is 4.79 Å². The van der Waals surface area contributed by atoms with Crippen LogP contribution in [0.2, 0.25) is 0 Å². The Balaban J connectivity index is 1.58. The first-order valence-corrected chi connectivity index (χ1v) is 8.09. The van der Waals surface area contributed by atoms with Crippen molar-refractivity contribution in [2.45, 2.75) is 51.6 Å². The molecule has 2 aliphatic rings. The summed E-state index contributed by atoms with van der Waals surface area (Å²) < 4.78 is 0. The molecule has 3 rings (SSSR count). The van der Waals surface area contributed by atoms with Gasteiger partial charge in [0, 0.05) is 18.2 Å². The molecule has 21 heavy (non-hydrogen) atoms. The van der Waals surface area contributed by atoms with Crippen molar-refractivity contribution in [2.75, 3.05) is 0 Å². The molecule has 1 aromatic heterocycles. The average molecular weight is 287 g/mol. The quantitative estimate of drug-likeness (QED) is 0.895. The van der Waals surface area contributed by atoms with Crippen molar-refractivity contribution in [3.63, 3.8) is 0 Å². The standard InChI is InChI=1S/C17H25N3O/c1-11-4-3-7-19-15(11)10-20-17(21)14-8-12-5-2-6-13(9-14)16(12)18/h3-4,7,12-14,16H,2,5-6,8-10,18H2,1H3,(H,20,21). The van der Waals surface area contributed by atoms with Crippen molar-refractivity contribution < 1.29 is 4.79 Å². The predicted molar refractivity (Wildman–Crippen MR) is 82.4 cm³/mol. The van der Waals surface area contributed by atoms with E-state index in [0.717, 1.165) is 24.1 Å². The molecule has 0 aliphatic heterocycles. The highest BCUT2D eigenvalue weighted by Crippen LogP contribution is 2.41. The van der Waals surface area contributed by atoms with Gasteiger partial charge in [0.25, 0.3) is 0 Å². The van der Waals surface area contributed by atoms with Crippen LogP contribution in [0.15, 0.2) is 18.3 Å². The molecule has 2 unspecified atom stereocenters. The molecular weight excluding hydrogens is 262 g/mol. The van der Waals surface area contributed by atoms with Gasteiger partial charge in [-0.15, -0.1) is 0 Å². The SMILES string of the molecule is Cc1cccnc1CNC(=O)C1CC2CCCC(C1)C2N. The topological polar surface area (TPSA) is 68.0 Å². The minimum Gasteiger partial charge on any atom is -0.350 e. The van der Waals surface area contributed by atoms with E-state index in [0.29, 0.717) is 24.4 Å². The molecule has 0 aromatic carbocycles. The van der Waals surface area contributed by atoms with Crippen LogP contribution in [-0.2, 0) is 11.3 Å². The molecule has 0 saturated heterocycles. The number of carbonyl (C=O) groups excluding carboxylic acids is 1. The van der Waals surface area contributed by atoms with Crippen molar-refractivity contribution in [2.24, 2.45) is 23.5 Å². The molecule has 2 saturated carbocycles. The van der Waals surface area contributed by atoms with Gasteiger partial charge in [0.05, 0.1) is 12.2 Å². The van der Waals surface area contributed by atoms with Crippen molar-refractivity contribution in [3.05, 3.63) is 29.6 Å². The van der Waals surface area contributed by atoms with Crippen LogP contribution in [0.4, 0.5) is 0 Å². The Bertz CT molecular complexity index is 503. The first-order valence-electron chi connectivity index (χ1n) is 8.09. The molecular formula is C17H25N3O. The van der Waals surface area contributed by atoms with E-state index in [1.54, 1.807) is 6.20 Å². The Labute approximate surface area is 126 Å².